The zero-order valence-corrected chi connectivity index (χ0v) is 9.73. The summed E-state index contributed by atoms with van der Waals surface area (Å²) in [4.78, 5) is 8.15. The monoisotopic (exact) mass is 222 g/mol. The topological polar surface area (TPSA) is 73.1 Å². The summed E-state index contributed by atoms with van der Waals surface area (Å²) in [6.45, 7) is 5.77. The van der Waals surface area contributed by atoms with Crippen LogP contribution < -0.4 is 11.1 Å². The average molecular weight is 222 g/mol. The van der Waals surface area contributed by atoms with Crippen LogP contribution in [0.2, 0.25) is 0 Å². The normalized spacial score (nSPS) is 22.0. The maximum Gasteiger partial charge on any atom is 0.134 e. The van der Waals surface area contributed by atoms with Gasteiger partial charge in [0.05, 0.1) is 6.61 Å². The first kappa shape index (κ1) is 11.1. The summed E-state index contributed by atoms with van der Waals surface area (Å²) >= 11 is 0. The van der Waals surface area contributed by atoms with Gasteiger partial charge in [0.25, 0.3) is 0 Å². The maximum absolute atomic E-state index is 5.73. The van der Waals surface area contributed by atoms with Crippen molar-refractivity contribution in [3.8, 4) is 0 Å². The summed E-state index contributed by atoms with van der Waals surface area (Å²) in [7, 11) is 0. The Bertz CT molecular complexity index is 363. The molecular weight excluding hydrogens is 204 g/mol. The highest BCUT2D eigenvalue weighted by Gasteiger charge is 2.22. The van der Waals surface area contributed by atoms with Gasteiger partial charge in [-0.25, -0.2) is 9.97 Å². The Labute approximate surface area is 95.4 Å². The zero-order chi connectivity index (χ0) is 11.5. The highest BCUT2D eigenvalue weighted by molar-refractivity contribution is 5.54. The molecule has 2 rings (SSSR count). The minimum atomic E-state index is 0.343. The van der Waals surface area contributed by atoms with Crippen molar-refractivity contribution in [1.82, 2.24) is 9.97 Å². The van der Waals surface area contributed by atoms with Crippen LogP contribution in [0.1, 0.15) is 18.9 Å². The van der Waals surface area contributed by atoms with Gasteiger partial charge in [-0.2, -0.15) is 0 Å². The van der Waals surface area contributed by atoms with E-state index >= 15 is 0 Å². The van der Waals surface area contributed by atoms with Crippen LogP contribution in [-0.4, -0.2) is 29.2 Å². The molecule has 0 saturated carbocycles. The Morgan fingerprint density at radius 3 is 3.06 bits per heavy atom. The third-order valence-electron chi connectivity index (χ3n) is 3.16. The van der Waals surface area contributed by atoms with Gasteiger partial charge in [0.2, 0.25) is 0 Å². The van der Waals surface area contributed by atoms with Crippen LogP contribution in [0.4, 0.5) is 11.6 Å². The molecule has 0 amide bonds. The van der Waals surface area contributed by atoms with Crippen molar-refractivity contribution in [2.24, 2.45) is 5.92 Å². The van der Waals surface area contributed by atoms with Gasteiger partial charge in [-0.15, -0.1) is 0 Å². The Morgan fingerprint density at radius 1 is 1.56 bits per heavy atom. The molecular formula is C11H18N4O. The fraction of sp³-hybridized carbons (Fsp3) is 0.636. The third kappa shape index (κ3) is 2.24. The van der Waals surface area contributed by atoms with Crippen molar-refractivity contribution in [1.29, 1.82) is 0 Å². The number of anilines is 2. The van der Waals surface area contributed by atoms with E-state index in [1.165, 1.54) is 6.33 Å². The molecule has 1 aromatic heterocycles. The minimum Gasteiger partial charge on any atom is -0.383 e. The van der Waals surface area contributed by atoms with E-state index in [9.17, 15) is 0 Å². The first-order chi connectivity index (χ1) is 7.68. The minimum absolute atomic E-state index is 0.343. The van der Waals surface area contributed by atoms with Crippen LogP contribution in [0, 0.1) is 12.8 Å². The first-order valence-corrected chi connectivity index (χ1v) is 5.60. The standard InChI is InChI=1S/C11H18N4O/c1-7-10(12)13-6-14-11(7)15-8(2)9-3-4-16-5-9/h6,8-9H,3-5H2,1-2H3,(H3,12,13,14,15). The summed E-state index contributed by atoms with van der Waals surface area (Å²) in [5.74, 6) is 1.91. The van der Waals surface area contributed by atoms with Crippen LogP contribution in [-0.2, 0) is 4.74 Å². The molecule has 2 atom stereocenters. The molecule has 2 heterocycles. The summed E-state index contributed by atoms with van der Waals surface area (Å²) in [6, 6.07) is 0.343. The maximum atomic E-state index is 5.73. The zero-order valence-electron chi connectivity index (χ0n) is 9.73. The fourth-order valence-corrected chi connectivity index (χ4v) is 1.89. The van der Waals surface area contributed by atoms with Gasteiger partial charge in [0.1, 0.15) is 18.0 Å². The molecule has 0 aliphatic carbocycles. The molecule has 88 valence electrons. The number of aromatic nitrogens is 2. The number of nitrogens with zero attached hydrogens (tertiary/aromatic N) is 2. The molecule has 3 N–H and O–H groups in total. The SMILES string of the molecule is Cc1c(N)ncnc1NC(C)C1CCOC1. The lowest BCUT2D eigenvalue weighted by Gasteiger charge is -2.20. The number of ether oxygens (including phenoxy) is 1. The molecule has 0 radical (unpaired) electrons. The third-order valence-corrected chi connectivity index (χ3v) is 3.16. The van der Waals surface area contributed by atoms with E-state index in [2.05, 4.69) is 22.2 Å². The van der Waals surface area contributed by atoms with E-state index < -0.39 is 0 Å². The van der Waals surface area contributed by atoms with E-state index in [0.717, 1.165) is 31.0 Å². The second-order valence-corrected chi connectivity index (χ2v) is 4.29. The largest absolute Gasteiger partial charge is 0.383 e. The van der Waals surface area contributed by atoms with Gasteiger partial charge in [-0.3, -0.25) is 0 Å². The Balaban J connectivity index is 2.05. The van der Waals surface area contributed by atoms with Crippen molar-refractivity contribution >= 4 is 11.6 Å². The van der Waals surface area contributed by atoms with Gasteiger partial charge >= 0.3 is 0 Å². The average Bonchev–Trinajstić information content (AvgIpc) is 2.78. The summed E-state index contributed by atoms with van der Waals surface area (Å²) in [6.07, 6.45) is 2.59. The van der Waals surface area contributed by atoms with Crippen molar-refractivity contribution < 1.29 is 4.74 Å². The number of nitrogens with two attached hydrogens (primary N) is 1. The Kier molecular flexibility index (Phi) is 3.24. The second kappa shape index (κ2) is 4.65. The van der Waals surface area contributed by atoms with Gasteiger partial charge in [0.15, 0.2) is 0 Å². The molecule has 1 aliphatic rings. The van der Waals surface area contributed by atoms with Crippen LogP contribution >= 0.6 is 0 Å². The number of hydrogen-bond donors (Lipinski definition) is 2. The smallest absolute Gasteiger partial charge is 0.134 e. The molecule has 5 heteroatoms. The van der Waals surface area contributed by atoms with Crippen molar-refractivity contribution in [2.45, 2.75) is 26.3 Å². The second-order valence-electron chi connectivity index (χ2n) is 4.29. The predicted molar refractivity (Wildman–Crippen MR) is 63.2 cm³/mol. The molecule has 1 fully saturated rings. The molecule has 1 aliphatic heterocycles. The van der Waals surface area contributed by atoms with Gasteiger partial charge in [-0.05, 0) is 20.3 Å². The predicted octanol–water partition coefficient (Wildman–Crippen LogP) is 1.20. The van der Waals surface area contributed by atoms with E-state index in [0.29, 0.717) is 17.8 Å². The summed E-state index contributed by atoms with van der Waals surface area (Å²) < 4.78 is 5.37. The van der Waals surface area contributed by atoms with Gasteiger partial charge in [-0.1, -0.05) is 0 Å². The van der Waals surface area contributed by atoms with Crippen LogP contribution in [0.25, 0.3) is 0 Å². The lowest BCUT2D eigenvalue weighted by Crippen LogP contribution is -2.27. The number of rotatable bonds is 3. The first-order valence-electron chi connectivity index (χ1n) is 5.60. The molecule has 0 bridgehead atoms. The van der Waals surface area contributed by atoms with Crippen molar-refractivity contribution in [2.75, 3.05) is 24.3 Å². The van der Waals surface area contributed by atoms with E-state index in [4.69, 9.17) is 10.5 Å². The molecule has 2 unspecified atom stereocenters. The number of nitrogen functional groups attached to an aromatic ring is 1. The highest BCUT2D eigenvalue weighted by Crippen LogP contribution is 2.22. The quantitative estimate of drug-likeness (QED) is 0.804. The Morgan fingerprint density at radius 2 is 2.38 bits per heavy atom. The van der Waals surface area contributed by atoms with E-state index in [1.807, 2.05) is 6.92 Å². The van der Waals surface area contributed by atoms with Crippen LogP contribution in [0.15, 0.2) is 6.33 Å². The van der Waals surface area contributed by atoms with Crippen molar-refractivity contribution in [3.05, 3.63) is 11.9 Å². The van der Waals surface area contributed by atoms with Crippen LogP contribution in [0.3, 0.4) is 0 Å². The molecule has 5 nitrogen and oxygen atoms in total. The van der Waals surface area contributed by atoms with E-state index in [-0.39, 0.29) is 0 Å². The van der Waals surface area contributed by atoms with Gasteiger partial charge in [0, 0.05) is 24.1 Å². The molecule has 1 saturated heterocycles. The number of hydrogen-bond acceptors (Lipinski definition) is 5. The van der Waals surface area contributed by atoms with Gasteiger partial charge < -0.3 is 15.8 Å². The fourth-order valence-electron chi connectivity index (χ4n) is 1.89. The van der Waals surface area contributed by atoms with E-state index in [1.54, 1.807) is 0 Å². The van der Waals surface area contributed by atoms with Crippen molar-refractivity contribution in [3.63, 3.8) is 0 Å². The number of nitrogens with one attached hydrogen (secondary N) is 1. The lowest BCUT2D eigenvalue weighted by molar-refractivity contribution is 0.183. The highest BCUT2D eigenvalue weighted by atomic mass is 16.5. The molecule has 0 aromatic carbocycles. The lowest BCUT2D eigenvalue weighted by atomic mass is 10.0. The van der Waals surface area contributed by atoms with Crippen LogP contribution in [0.5, 0.6) is 0 Å². The summed E-state index contributed by atoms with van der Waals surface area (Å²) in [5, 5.41) is 3.38. The molecule has 0 spiro atoms. The molecule has 16 heavy (non-hydrogen) atoms. The Hall–Kier alpha value is -1.36. The summed E-state index contributed by atoms with van der Waals surface area (Å²) in [5.41, 5.74) is 6.64. The molecule has 1 aromatic rings.